The SMILES string of the molecule is CCNC(=NCC1(c2cccc(F)c2)CC1)NCC(O)COCc1ccccc1.I. The van der Waals surface area contributed by atoms with E-state index in [0.717, 1.165) is 30.5 Å². The minimum atomic E-state index is -0.638. The van der Waals surface area contributed by atoms with E-state index in [2.05, 4.69) is 15.6 Å². The van der Waals surface area contributed by atoms with Gasteiger partial charge in [0.25, 0.3) is 0 Å². The van der Waals surface area contributed by atoms with E-state index in [1.54, 1.807) is 12.1 Å². The summed E-state index contributed by atoms with van der Waals surface area (Å²) >= 11 is 0. The number of nitrogens with one attached hydrogen (secondary N) is 2. The number of hydrogen-bond donors (Lipinski definition) is 3. The summed E-state index contributed by atoms with van der Waals surface area (Å²) in [7, 11) is 0. The molecule has 0 spiro atoms. The number of aliphatic hydroxyl groups excluding tert-OH is 1. The van der Waals surface area contributed by atoms with Crippen molar-refractivity contribution >= 4 is 29.9 Å². The van der Waals surface area contributed by atoms with E-state index in [0.29, 0.717) is 25.7 Å². The van der Waals surface area contributed by atoms with Crippen LogP contribution in [0.2, 0.25) is 0 Å². The monoisotopic (exact) mass is 527 g/mol. The molecule has 3 rings (SSSR count). The Morgan fingerprint density at radius 3 is 2.60 bits per heavy atom. The zero-order chi connectivity index (χ0) is 20.5. The smallest absolute Gasteiger partial charge is 0.191 e. The standard InChI is InChI=1S/C23H30FN3O2.HI/c1-2-25-22(26-14-21(28)16-29-15-18-7-4-3-5-8-18)27-17-23(11-12-23)19-9-6-10-20(24)13-19;/h3-10,13,21,28H,2,11-12,14-17H2,1H3,(H2,25,26,27);1H. The van der Waals surface area contributed by atoms with Gasteiger partial charge in [0.05, 0.1) is 25.9 Å². The molecule has 0 amide bonds. The maximum Gasteiger partial charge on any atom is 0.191 e. The van der Waals surface area contributed by atoms with Gasteiger partial charge in [0.1, 0.15) is 5.82 Å². The number of ether oxygens (including phenoxy) is 1. The molecule has 0 aromatic heterocycles. The van der Waals surface area contributed by atoms with E-state index in [4.69, 9.17) is 4.74 Å². The number of halogens is 2. The zero-order valence-corrected chi connectivity index (χ0v) is 19.6. The lowest BCUT2D eigenvalue weighted by atomic mass is 9.96. The van der Waals surface area contributed by atoms with Crippen molar-refractivity contribution in [2.45, 2.75) is 37.9 Å². The molecular weight excluding hydrogens is 496 g/mol. The summed E-state index contributed by atoms with van der Waals surface area (Å²) < 4.78 is 19.1. The van der Waals surface area contributed by atoms with Crippen molar-refractivity contribution in [3.63, 3.8) is 0 Å². The van der Waals surface area contributed by atoms with Crippen LogP contribution in [0.1, 0.15) is 30.9 Å². The second-order valence-corrected chi connectivity index (χ2v) is 7.52. The lowest BCUT2D eigenvalue weighted by Crippen LogP contribution is -2.42. The molecule has 0 aliphatic heterocycles. The van der Waals surface area contributed by atoms with E-state index in [-0.39, 0.29) is 41.8 Å². The van der Waals surface area contributed by atoms with Gasteiger partial charge in [0.2, 0.25) is 0 Å². The molecule has 5 nitrogen and oxygen atoms in total. The van der Waals surface area contributed by atoms with Gasteiger partial charge in [-0.25, -0.2) is 4.39 Å². The van der Waals surface area contributed by atoms with Gasteiger partial charge in [-0.3, -0.25) is 4.99 Å². The number of benzene rings is 2. The summed E-state index contributed by atoms with van der Waals surface area (Å²) in [6.07, 6.45) is 1.38. The number of hydrogen-bond acceptors (Lipinski definition) is 3. The average molecular weight is 527 g/mol. The molecule has 1 aliphatic carbocycles. The molecule has 1 saturated carbocycles. The van der Waals surface area contributed by atoms with E-state index in [1.807, 2.05) is 43.3 Å². The van der Waals surface area contributed by atoms with Gasteiger partial charge in [-0.05, 0) is 43.0 Å². The Labute approximate surface area is 195 Å². The van der Waals surface area contributed by atoms with E-state index in [9.17, 15) is 9.50 Å². The number of nitrogens with zero attached hydrogens (tertiary/aromatic N) is 1. The van der Waals surface area contributed by atoms with Gasteiger partial charge in [-0.15, -0.1) is 24.0 Å². The van der Waals surface area contributed by atoms with Gasteiger partial charge < -0.3 is 20.5 Å². The highest BCUT2D eigenvalue weighted by molar-refractivity contribution is 14.0. The van der Waals surface area contributed by atoms with E-state index >= 15 is 0 Å². The van der Waals surface area contributed by atoms with Gasteiger partial charge in [0, 0.05) is 18.5 Å². The van der Waals surface area contributed by atoms with Crippen LogP contribution in [0.4, 0.5) is 4.39 Å². The quantitative estimate of drug-likeness (QED) is 0.251. The number of rotatable bonds is 10. The van der Waals surface area contributed by atoms with Crippen LogP contribution in [0, 0.1) is 5.82 Å². The molecule has 0 radical (unpaired) electrons. The van der Waals surface area contributed by atoms with Crippen molar-refractivity contribution in [1.82, 2.24) is 10.6 Å². The first kappa shape index (κ1) is 24.6. The predicted molar refractivity (Wildman–Crippen MR) is 129 cm³/mol. The third-order valence-corrected chi connectivity index (χ3v) is 5.10. The molecule has 164 valence electrons. The van der Waals surface area contributed by atoms with Crippen LogP contribution in [-0.2, 0) is 16.8 Å². The van der Waals surface area contributed by atoms with Crippen LogP contribution < -0.4 is 10.6 Å². The summed E-state index contributed by atoms with van der Waals surface area (Å²) in [5, 5.41) is 16.5. The van der Waals surface area contributed by atoms with Gasteiger partial charge in [0.15, 0.2) is 5.96 Å². The number of aliphatic imine (C=N–C) groups is 1. The third kappa shape index (κ3) is 7.52. The summed E-state index contributed by atoms with van der Waals surface area (Å²) in [5.74, 6) is 0.443. The van der Waals surface area contributed by atoms with Crippen LogP contribution >= 0.6 is 24.0 Å². The lowest BCUT2D eigenvalue weighted by molar-refractivity contribution is 0.0308. The molecule has 1 unspecified atom stereocenters. The van der Waals surface area contributed by atoms with Crippen molar-refractivity contribution in [2.75, 3.05) is 26.2 Å². The maximum atomic E-state index is 13.6. The minimum Gasteiger partial charge on any atom is -0.389 e. The topological polar surface area (TPSA) is 65.9 Å². The third-order valence-electron chi connectivity index (χ3n) is 5.10. The van der Waals surface area contributed by atoms with Crippen molar-refractivity contribution in [2.24, 2.45) is 4.99 Å². The van der Waals surface area contributed by atoms with Crippen molar-refractivity contribution in [1.29, 1.82) is 0 Å². The molecule has 0 saturated heterocycles. The summed E-state index contributed by atoms with van der Waals surface area (Å²) in [6, 6.07) is 16.7. The Hall–Kier alpha value is -1.71. The number of guanidine groups is 1. The first-order valence-electron chi connectivity index (χ1n) is 10.2. The minimum absolute atomic E-state index is 0. The van der Waals surface area contributed by atoms with Gasteiger partial charge >= 0.3 is 0 Å². The van der Waals surface area contributed by atoms with Crippen LogP contribution in [0.15, 0.2) is 59.6 Å². The van der Waals surface area contributed by atoms with Crippen molar-refractivity contribution in [3.8, 4) is 0 Å². The number of aliphatic hydroxyl groups is 1. The average Bonchev–Trinajstić information content (AvgIpc) is 3.52. The molecule has 2 aromatic rings. The molecular formula is C23H31FIN3O2. The fourth-order valence-electron chi connectivity index (χ4n) is 3.24. The highest BCUT2D eigenvalue weighted by atomic mass is 127. The fourth-order valence-corrected chi connectivity index (χ4v) is 3.24. The van der Waals surface area contributed by atoms with Gasteiger partial charge in [-0.1, -0.05) is 42.5 Å². The van der Waals surface area contributed by atoms with Crippen LogP contribution in [0.3, 0.4) is 0 Å². The highest BCUT2D eigenvalue weighted by Gasteiger charge is 2.44. The Morgan fingerprint density at radius 1 is 1.17 bits per heavy atom. The first-order valence-corrected chi connectivity index (χ1v) is 10.2. The maximum absolute atomic E-state index is 13.6. The van der Waals surface area contributed by atoms with Crippen molar-refractivity contribution < 1.29 is 14.2 Å². The predicted octanol–water partition coefficient (Wildman–Crippen LogP) is 3.61. The highest BCUT2D eigenvalue weighted by Crippen LogP contribution is 2.48. The molecule has 0 heterocycles. The lowest BCUT2D eigenvalue weighted by Gasteiger charge is -2.18. The Morgan fingerprint density at radius 2 is 1.93 bits per heavy atom. The Bertz CT molecular complexity index is 800. The van der Waals surface area contributed by atoms with Crippen LogP contribution in [0.25, 0.3) is 0 Å². The largest absolute Gasteiger partial charge is 0.389 e. The summed E-state index contributed by atoms with van der Waals surface area (Å²) in [6.45, 7) is 4.37. The second-order valence-electron chi connectivity index (χ2n) is 7.52. The second kappa shape index (κ2) is 12.2. The Balaban J connectivity index is 0.00000320. The molecule has 30 heavy (non-hydrogen) atoms. The van der Waals surface area contributed by atoms with Crippen LogP contribution in [-0.4, -0.2) is 43.4 Å². The molecule has 0 bridgehead atoms. The first-order chi connectivity index (χ1) is 14.1. The molecule has 1 fully saturated rings. The molecule has 1 atom stereocenters. The van der Waals surface area contributed by atoms with Crippen molar-refractivity contribution in [3.05, 3.63) is 71.5 Å². The Kier molecular flexibility index (Phi) is 10.0. The summed E-state index contributed by atoms with van der Waals surface area (Å²) in [5.41, 5.74) is 2.02. The van der Waals surface area contributed by atoms with E-state index in [1.165, 1.54) is 6.07 Å². The molecule has 3 N–H and O–H groups in total. The fraction of sp³-hybridized carbons (Fsp3) is 0.435. The zero-order valence-electron chi connectivity index (χ0n) is 17.3. The summed E-state index contributed by atoms with van der Waals surface area (Å²) in [4.78, 5) is 4.67. The molecule has 1 aliphatic rings. The van der Waals surface area contributed by atoms with Gasteiger partial charge in [-0.2, -0.15) is 0 Å². The normalized spacial score (nSPS) is 15.8. The van der Waals surface area contributed by atoms with Crippen LogP contribution in [0.5, 0.6) is 0 Å². The molecule has 2 aromatic carbocycles. The van der Waals surface area contributed by atoms with E-state index < -0.39 is 6.10 Å². The molecule has 7 heteroatoms.